The third kappa shape index (κ3) is 4.68. The number of esters is 1. The maximum atomic E-state index is 11.7. The van der Waals surface area contributed by atoms with Gasteiger partial charge < -0.3 is 10.1 Å². The number of halogens is 2. The van der Waals surface area contributed by atoms with Gasteiger partial charge in [-0.2, -0.15) is 5.26 Å². The van der Waals surface area contributed by atoms with Crippen LogP contribution < -0.4 is 5.32 Å². The number of carbonyl (C=O) groups is 2. The van der Waals surface area contributed by atoms with Crippen molar-refractivity contribution in [2.45, 2.75) is 0 Å². The van der Waals surface area contributed by atoms with Crippen molar-refractivity contribution in [2.75, 3.05) is 11.9 Å². The second-order valence-electron chi connectivity index (χ2n) is 4.30. The SMILES string of the molecule is N#Cc1ccc(NC(=O)COC(=O)c2ccnc(Cl)c2)cc1Cl. The van der Waals surface area contributed by atoms with Crippen molar-refractivity contribution in [3.8, 4) is 6.07 Å². The van der Waals surface area contributed by atoms with Gasteiger partial charge in [0.15, 0.2) is 6.61 Å². The van der Waals surface area contributed by atoms with Gasteiger partial charge >= 0.3 is 5.97 Å². The maximum absolute atomic E-state index is 11.7. The molecule has 0 atom stereocenters. The summed E-state index contributed by atoms with van der Waals surface area (Å²) in [5, 5.41) is 11.6. The van der Waals surface area contributed by atoms with Crippen molar-refractivity contribution in [3.63, 3.8) is 0 Å². The number of benzene rings is 1. The number of amides is 1. The average Bonchev–Trinajstić information content (AvgIpc) is 2.53. The summed E-state index contributed by atoms with van der Waals surface area (Å²) in [6, 6.07) is 9.10. The molecule has 116 valence electrons. The van der Waals surface area contributed by atoms with Crippen LogP contribution in [0.5, 0.6) is 0 Å². The van der Waals surface area contributed by atoms with Crippen molar-refractivity contribution >= 4 is 40.8 Å². The van der Waals surface area contributed by atoms with Crippen molar-refractivity contribution in [1.82, 2.24) is 4.98 Å². The van der Waals surface area contributed by atoms with Gasteiger partial charge in [0, 0.05) is 11.9 Å². The van der Waals surface area contributed by atoms with E-state index in [1.165, 1.54) is 36.5 Å². The van der Waals surface area contributed by atoms with E-state index in [0.29, 0.717) is 11.3 Å². The monoisotopic (exact) mass is 349 g/mol. The number of nitriles is 1. The first kappa shape index (κ1) is 16.7. The lowest BCUT2D eigenvalue weighted by molar-refractivity contribution is -0.119. The van der Waals surface area contributed by atoms with E-state index >= 15 is 0 Å². The molecule has 0 radical (unpaired) electrons. The highest BCUT2D eigenvalue weighted by atomic mass is 35.5. The summed E-state index contributed by atoms with van der Waals surface area (Å²) in [5.41, 5.74) is 0.881. The van der Waals surface area contributed by atoms with E-state index in [2.05, 4.69) is 10.3 Å². The largest absolute Gasteiger partial charge is 0.452 e. The molecule has 2 rings (SSSR count). The molecule has 2 aromatic rings. The van der Waals surface area contributed by atoms with Crippen molar-refractivity contribution < 1.29 is 14.3 Å². The standard InChI is InChI=1S/C15H9Cl2N3O3/c16-12-6-11(2-1-10(12)7-18)20-14(21)8-23-15(22)9-3-4-19-13(17)5-9/h1-6H,8H2,(H,20,21). The lowest BCUT2D eigenvalue weighted by atomic mass is 10.2. The highest BCUT2D eigenvalue weighted by Gasteiger charge is 2.11. The minimum Gasteiger partial charge on any atom is -0.452 e. The van der Waals surface area contributed by atoms with E-state index in [0.717, 1.165) is 0 Å². The molecule has 0 aliphatic carbocycles. The van der Waals surface area contributed by atoms with Crippen LogP contribution in [-0.4, -0.2) is 23.5 Å². The number of nitrogens with zero attached hydrogens (tertiary/aromatic N) is 2. The number of pyridine rings is 1. The molecule has 0 aliphatic rings. The highest BCUT2D eigenvalue weighted by molar-refractivity contribution is 6.32. The van der Waals surface area contributed by atoms with Gasteiger partial charge in [-0.3, -0.25) is 4.79 Å². The first-order valence-electron chi connectivity index (χ1n) is 6.28. The number of hydrogen-bond acceptors (Lipinski definition) is 5. The number of nitrogens with one attached hydrogen (secondary N) is 1. The van der Waals surface area contributed by atoms with Crippen molar-refractivity contribution in [2.24, 2.45) is 0 Å². The Labute approximate surface area is 141 Å². The fraction of sp³-hybridized carbons (Fsp3) is 0.0667. The van der Waals surface area contributed by atoms with E-state index in [4.69, 9.17) is 33.2 Å². The lowest BCUT2D eigenvalue weighted by Crippen LogP contribution is -2.21. The zero-order valence-electron chi connectivity index (χ0n) is 11.5. The van der Waals surface area contributed by atoms with E-state index < -0.39 is 18.5 Å². The molecule has 0 spiro atoms. The van der Waals surface area contributed by atoms with Crippen LogP contribution in [0.2, 0.25) is 10.2 Å². The molecular formula is C15H9Cl2N3O3. The molecule has 1 aromatic carbocycles. The van der Waals surface area contributed by atoms with Gasteiger partial charge in [-0.15, -0.1) is 0 Å². The van der Waals surface area contributed by atoms with Crippen molar-refractivity contribution in [1.29, 1.82) is 5.26 Å². The Bertz CT molecular complexity index is 803. The van der Waals surface area contributed by atoms with E-state index in [-0.39, 0.29) is 15.7 Å². The summed E-state index contributed by atoms with van der Waals surface area (Å²) in [6.45, 7) is -0.476. The Kier molecular flexibility index (Phi) is 5.52. The van der Waals surface area contributed by atoms with Crippen LogP contribution in [0.25, 0.3) is 0 Å². The van der Waals surface area contributed by atoms with Crippen LogP contribution in [0.1, 0.15) is 15.9 Å². The van der Waals surface area contributed by atoms with Crippen LogP contribution in [0.4, 0.5) is 5.69 Å². The lowest BCUT2D eigenvalue weighted by Gasteiger charge is -2.07. The zero-order chi connectivity index (χ0) is 16.8. The molecule has 0 bridgehead atoms. The predicted octanol–water partition coefficient (Wildman–Crippen LogP) is 3.06. The Hall–Kier alpha value is -2.62. The maximum Gasteiger partial charge on any atom is 0.338 e. The first-order valence-corrected chi connectivity index (χ1v) is 7.03. The molecule has 1 heterocycles. The molecule has 0 fully saturated rings. The summed E-state index contributed by atoms with van der Waals surface area (Å²) in [5.74, 6) is -1.23. The predicted molar refractivity (Wildman–Crippen MR) is 84.3 cm³/mol. The molecule has 1 amide bonds. The number of hydrogen-bond donors (Lipinski definition) is 1. The fourth-order valence-corrected chi connectivity index (χ4v) is 2.02. The topological polar surface area (TPSA) is 92.1 Å². The molecule has 1 aromatic heterocycles. The molecular weight excluding hydrogens is 341 g/mol. The quantitative estimate of drug-likeness (QED) is 0.676. The first-order chi connectivity index (χ1) is 11.0. The molecule has 8 heteroatoms. The third-order valence-corrected chi connectivity index (χ3v) is 3.19. The summed E-state index contributed by atoms with van der Waals surface area (Å²) >= 11 is 11.5. The highest BCUT2D eigenvalue weighted by Crippen LogP contribution is 2.20. The molecule has 0 unspecified atom stereocenters. The van der Waals surface area contributed by atoms with Gasteiger partial charge in [0.25, 0.3) is 5.91 Å². The summed E-state index contributed by atoms with van der Waals surface area (Å²) < 4.78 is 4.87. The summed E-state index contributed by atoms with van der Waals surface area (Å²) in [6.07, 6.45) is 1.36. The number of carbonyl (C=O) groups excluding carboxylic acids is 2. The summed E-state index contributed by atoms with van der Waals surface area (Å²) in [4.78, 5) is 27.2. The fourth-order valence-electron chi connectivity index (χ4n) is 1.62. The smallest absolute Gasteiger partial charge is 0.338 e. The Morgan fingerprint density at radius 1 is 1.26 bits per heavy atom. The van der Waals surface area contributed by atoms with Crippen LogP contribution in [0.15, 0.2) is 36.5 Å². The van der Waals surface area contributed by atoms with E-state index in [9.17, 15) is 9.59 Å². The van der Waals surface area contributed by atoms with Crippen LogP contribution >= 0.6 is 23.2 Å². The number of aromatic nitrogens is 1. The molecule has 1 N–H and O–H groups in total. The molecule has 6 nitrogen and oxygen atoms in total. The van der Waals surface area contributed by atoms with Crippen LogP contribution in [0, 0.1) is 11.3 Å². The minimum atomic E-state index is -0.692. The molecule has 23 heavy (non-hydrogen) atoms. The van der Waals surface area contributed by atoms with Gasteiger partial charge in [0.05, 0.1) is 16.1 Å². The second kappa shape index (κ2) is 7.58. The van der Waals surface area contributed by atoms with E-state index in [1.54, 1.807) is 0 Å². The second-order valence-corrected chi connectivity index (χ2v) is 5.09. The van der Waals surface area contributed by atoms with Crippen LogP contribution in [-0.2, 0) is 9.53 Å². The summed E-state index contributed by atoms with van der Waals surface area (Å²) in [7, 11) is 0. The molecule has 0 aliphatic heterocycles. The normalized spacial score (nSPS) is 9.78. The number of rotatable bonds is 4. The minimum absolute atomic E-state index is 0.149. The Morgan fingerprint density at radius 2 is 2.04 bits per heavy atom. The Morgan fingerprint density at radius 3 is 2.70 bits per heavy atom. The zero-order valence-corrected chi connectivity index (χ0v) is 13.1. The van der Waals surface area contributed by atoms with Crippen LogP contribution in [0.3, 0.4) is 0 Å². The van der Waals surface area contributed by atoms with Gasteiger partial charge in [-0.05, 0) is 30.3 Å². The molecule has 0 saturated heterocycles. The number of ether oxygens (including phenoxy) is 1. The third-order valence-electron chi connectivity index (χ3n) is 2.67. The average molecular weight is 350 g/mol. The van der Waals surface area contributed by atoms with Gasteiger partial charge in [0.2, 0.25) is 0 Å². The van der Waals surface area contributed by atoms with Gasteiger partial charge in [0.1, 0.15) is 11.2 Å². The van der Waals surface area contributed by atoms with Gasteiger partial charge in [-0.25, -0.2) is 9.78 Å². The van der Waals surface area contributed by atoms with E-state index in [1.807, 2.05) is 6.07 Å². The van der Waals surface area contributed by atoms with Crippen molar-refractivity contribution in [3.05, 3.63) is 57.8 Å². The van der Waals surface area contributed by atoms with Gasteiger partial charge in [-0.1, -0.05) is 23.2 Å². The Balaban J connectivity index is 1.91. The number of anilines is 1. The molecule has 0 saturated carbocycles.